The molecule has 0 unspecified atom stereocenters. The van der Waals surface area contributed by atoms with Crippen molar-refractivity contribution in [2.24, 2.45) is 0 Å². The molecule has 0 saturated heterocycles. The summed E-state index contributed by atoms with van der Waals surface area (Å²) in [5.41, 5.74) is 9.37. The number of ether oxygens (including phenoxy) is 1. The van der Waals surface area contributed by atoms with Gasteiger partial charge in [-0.15, -0.1) is 0 Å². The lowest BCUT2D eigenvalue weighted by Gasteiger charge is -2.16. The molecule has 0 bridgehead atoms. The quantitative estimate of drug-likeness (QED) is 0.567. The van der Waals surface area contributed by atoms with Crippen LogP contribution in [0.5, 0.6) is 0 Å². The molecule has 138 valence electrons. The smallest absolute Gasteiger partial charge is 0.343 e. The lowest BCUT2D eigenvalue weighted by atomic mass is 9.96. The summed E-state index contributed by atoms with van der Waals surface area (Å²) in [5, 5.41) is 0. The molecular formula is C21H19FN2O3. The van der Waals surface area contributed by atoms with E-state index in [1.54, 1.807) is 24.4 Å². The van der Waals surface area contributed by atoms with E-state index < -0.39 is 17.3 Å². The first kappa shape index (κ1) is 17.3. The van der Waals surface area contributed by atoms with Gasteiger partial charge in [-0.3, -0.25) is 9.20 Å². The topological polar surface area (TPSA) is 73.8 Å². The number of carbonyl (C=O) groups excluding carboxylic acids is 1. The summed E-state index contributed by atoms with van der Waals surface area (Å²) >= 11 is 0. The van der Waals surface area contributed by atoms with Gasteiger partial charge >= 0.3 is 5.97 Å². The fraction of sp³-hybridized carbons (Fsp3) is 0.238. The largest absolute Gasteiger partial charge is 0.465 e. The highest BCUT2D eigenvalue weighted by Crippen LogP contribution is 2.43. The molecule has 2 heterocycles. The number of nitrogens with two attached hydrogens (primary N) is 1. The Balaban J connectivity index is 2.02. The van der Waals surface area contributed by atoms with E-state index in [9.17, 15) is 14.0 Å². The number of halogens is 1. The van der Waals surface area contributed by atoms with Gasteiger partial charge in [0.25, 0.3) is 5.56 Å². The van der Waals surface area contributed by atoms with Crippen molar-refractivity contribution in [3.8, 4) is 11.1 Å². The number of aryl methyl sites for hydroxylation is 1. The highest BCUT2D eigenvalue weighted by molar-refractivity contribution is 5.90. The minimum Gasteiger partial charge on any atom is -0.465 e. The second kappa shape index (κ2) is 6.23. The van der Waals surface area contributed by atoms with Crippen molar-refractivity contribution in [3.63, 3.8) is 0 Å². The van der Waals surface area contributed by atoms with Crippen molar-refractivity contribution >= 4 is 17.2 Å². The summed E-state index contributed by atoms with van der Waals surface area (Å²) in [6.45, 7) is 1.90. The van der Waals surface area contributed by atoms with Gasteiger partial charge in [0.2, 0.25) is 0 Å². The van der Waals surface area contributed by atoms with Crippen LogP contribution in [0.2, 0.25) is 0 Å². The molecule has 0 spiro atoms. The molecule has 0 radical (unpaired) electrons. The maximum atomic E-state index is 13.9. The van der Waals surface area contributed by atoms with Crippen LogP contribution in [-0.2, 0) is 4.74 Å². The maximum Gasteiger partial charge on any atom is 0.343 e. The second-order valence-electron chi connectivity index (χ2n) is 6.89. The number of benzene rings is 1. The van der Waals surface area contributed by atoms with Crippen LogP contribution in [0, 0.1) is 12.7 Å². The summed E-state index contributed by atoms with van der Waals surface area (Å²) < 4.78 is 20.2. The molecule has 1 aromatic carbocycles. The van der Waals surface area contributed by atoms with Crippen LogP contribution in [0.1, 0.15) is 40.2 Å². The van der Waals surface area contributed by atoms with Crippen molar-refractivity contribution in [3.05, 3.63) is 69.4 Å². The minimum absolute atomic E-state index is 0.0302. The summed E-state index contributed by atoms with van der Waals surface area (Å²) in [5.74, 6) is -0.813. The number of hydrogen-bond acceptors (Lipinski definition) is 4. The summed E-state index contributed by atoms with van der Waals surface area (Å²) in [7, 11) is 1.26. The fourth-order valence-corrected chi connectivity index (χ4v) is 3.57. The number of methoxy groups -OCH3 is 1. The van der Waals surface area contributed by atoms with Crippen LogP contribution in [0.3, 0.4) is 0 Å². The van der Waals surface area contributed by atoms with Crippen molar-refractivity contribution in [1.82, 2.24) is 4.40 Å². The second-order valence-corrected chi connectivity index (χ2v) is 6.89. The number of pyridine rings is 2. The molecule has 1 aliphatic carbocycles. The molecule has 27 heavy (non-hydrogen) atoms. The van der Waals surface area contributed by atoms with Crippen molar-refractivity contribution < 1.29 is 13.9 Å². The Morgan fingerprint density at radius 2 is 2.00 bits per heavy atom. The maximum absolute atomic E-state index is 13.9. The van der Waals surface area contributed by atoms with Gasteiger partial charge < -0.3 is 10.5 Å². The van der Waals surface area contributed by atoms with Gasteiger partial charge in [-0.2, -0.15) is 0 Å². The summed E-state index contributed by atoms with van der Waals surface area (Å²) in [4.78, 5) is 24.8. The third-order valence-corrected chi connectivity index (χ3v) is 5.15. The van der Waals surface area contributed by atoms with Gasteiger partial charge in [-0.25, -0.2) is 9.18 Å². The molecule has 4 rings (SSSR count). The standard InChI is InChI=1S/C21H19FN2O3/c1-11-14(13-5-6-18(23)17(22)9-13)7-8-24-19(11)15(12-3-4-12)10-16(20(24)25)21(26)27-2/h5-10,12H,3-4,23H2,1-2H3. The SMILES string of the molecule is COC(=O)c1cc(C2CC2)c2c(C)c(-c3ccc(N)c(F)c3)ccn2c1=O. The summed E-state index contributed by atoms with van der Waals surface area (Å²) in [6.07, 6.45) is 3.65. The van der Waals surface area contributed by atoms with Gasteiger partial charge in [-0.1, -0.05) is 6.07 Å². The Bertz CT molecular complexity index is 1150. The van der Waals surface area contributed by atoms with E-state index in [2.05, 4.69) is 0 Å². The zero-order valence-corrected chi connectivity index (χ0v) is 15.1. The first-order valence-electron chi connectivity index (χ1n) is 8.75. The zero-order chi connectivity index (χ0) is 19.3. The monoisotopic (exact) mass is 366 g/mol. The van der Waals surface area contributed by atoms with E-state index >= 15 is 0 Å². The number of aromatic nitrogens is 1. The van der Waals surface area contributed by atoms with Crippen LogP contribution >= 0.6 is 0 Å². The molecular weight excluding hydrogens is 347 g/mol. The molecule has 2 N–H and O–H groups in total. The average molecular weight is 366 g/mol. The van der Waals surface area contributed by atoms with Crippen LogP contribution in [-0.4, -0.2) is 17.5 Å². The number of nitrogen functional groups attached to an aromatic ring is 1. The number of anilines is 1. The average Bonchev–Trinajstić information content (AvgIpc) is 3.49. The minimum atomic E-state index is -0.640. The van der Waals surface area contributed by atoms with Crippen molar-refractivity contribution in [1.29, 1.82) is 0 Å². The number of rotatable bonds is 3. The van der Waals surface area contributed by atoms with Crippen molar-refractivity contribution in [2.45, 2.75) is 25.7 Å². The molecule has 5 nitrogen and oxygen atoms in total. The van der Waals surface area contributed by atoms with Crippen LogP contribution in [0.15, 0.2) is 41.3 Å². The Labute approximate surface area is 155 Å². The van der Waals surface area contributed by atoms with Crippen LogP contribution < -0.4 is 11.3 Å². The molecule has 2 aromatic heterocycles. The predicted octanol–water partition coefficient (Wildman–Crippen LogP) is 3.66. The van der Waals surface area contributed by atoms with Crippen LogP contribution in [0.25, 0.3) is 16.6 Å². The Kier molecular flexibility index (Phi) is 3.98. The van der Waals surface area contributed by atoms with E-state index in [1.165, 1.54) is 23.6 Å². The molecule has 3 aromatic rings. The lowest BCUT2D eigenvalue weighted by molar-refractivity contribution is 0.0598. The first-order chi connectivity index (χ1) is 12.9. The van der Waals surface area contributed by atoms with Gasteiger partial charge in [0, 0.05) is 6.20 Å². The van der Waals surface area contributed by atoms with E-state index in [0.717, 1.165) is 35.0 Å². The van der Waals surface area contributed by atoms with Gasteiger partial charge in [0.1, 0.15) is 11.4 Å². The third-order valence-electron chi connectivity index (χ3n) is 5.15. The van der Waals surface area contributed by atoms with Gasteiger partial charge in [-0.05, 0) is 72.2 Å². The van der Waals surface area contributed by atoms with E-state index in [0.29, 0.717) is 11.5 Å². The van der Waals surface area contributed by atoms with Crippen molar-refractivity contribution in [2.75, 3.05) is 12.8 Å². The van der Waals surface area contributed by atoms with Crippen LogP contribution in [0.4, 0.5) is 10.1 Å². The lowest BCUT2D eigenvalue weighted by Crippen LogP contribution is -2.24. The Morgan fingerprint density at radius 3 is 2.63 bits per heavy atom. The third kappa shape index (κ3) is 2.77. The number of carbonyl (C=O) groups is 1. The number of esters is 1. The number of fused-ring (bicyclic) bond motifs is 1. The van der Waals surface area contributed by atoms with E-state index in [-0.39, 0.29) is 11.3 Å². The Hall–Kier alpha value is -3.15. The first-order valence-corrected chi connectivity index (χ1v) is 8.75. The molecule has 0 aliphatic heterocycles. The highest BCUT2D eigenvalue weighted by atomic mass is 19.1. The Morgan fingerprint density at radius 1 is 1.26 bits per heavy atom. The molecule has 1 saturated carbocycles. The zero-order valence-electron chi connectivity index (χ0n) is 15.1. The predicted molar refractivity (Wildman–Crippen MR) is 102 cm³/mol. The molecule has 0 amide bonds. The van der Waals surface area contributed by atoms with E-state index in [1.807, 2.05) is 6.92 Å². The van der Waals surface area contributed by atoms with Gasteiger partial charge in [0.15, 0.2) is 0 Å². The summed E-state index contributed by atoms with van der Waals surface area (Å²) in [6, 6.07) is 8.09. The number of nitrogens with zero attached hydrogens (tertiary/aromatic N) is 1. The van der Waals surface area contributed by atoms with E-state index in [4.69, 9.17) is 10.5 Å². The van der Waals surface area contributed by atoms with Gasteiger partial charge in [0.05, 0.1) is 18.3 Å². The molecule has 6 heteroatoms. The highest BCUT2D eigenvalue weighted by Gasteiger charge is 2.29. The number of hydrogen-bond donors (Lipinski definition) is 1. The fourth-order valence-electron chi connectivity index (χ4n) is 3.57. The normalized spacial score (nSPS) is 13.7. The molecule has 1 fully saturated rings. The molecule has 0 atom stereocenters. The molecule has 1 aliphatic rings.